The van der Waals surface area contributed by atoms with E-state index in [-0.39, 0.29) is 5.91 Å². The van der Waals surface area contributed by atoms with Gasteiger partial charge in [-0.15, -0.1) is 5.10 Å². The summed E-state index contributed by atoms with van der Waals surface area (Å²) in [6.07, 6.45) is 5.07. The molecule has 0 atom stereocenters. The number of nitrogens with zero attached hydrogens (tertiary/aromatic N) is 4. The van der Waals surface area contributed by atoms with E-state index in [1.165, 1.54) is 6.92 Å². The average Bonchev–Trinajstić information content (AvgIpc) is 2.61. The molecular weight excluding hydrogens is 318 g/mol. The van der Waals surface area contributed by atoms with Crippen LogP contribution in [0.4, 0.5) is 23.1 Å². The van der Waals surface area contributed by atoms with Crippen molar-refractivity contribution in [1.82, 2.24) is 20.2 Å². The lowest BCUT2D eigenvalue weighted by molar-refractivity contribution is -0.114. The molecule has 0 aliphatic rings. The van der Waals surface area contributed by atoms with E-state index in [1.54, 1.807) is 30.7 Å². The first-order valence-corrected chi connectivity index (χ1v) is 7.66. The van der Waals surface area contributed by atoms with Crippen molar-refractivity contribution in [2.75, 3.05) is 16.0 Å². The molecule has 0 saturated carbocycles. The molecule has 0 radical (unpaired) electrons. The van der Waals surface area contributed by atoms with Crippen LogP contribution in [0.5, 0.6) is 0 Å². The molecule has 3 aromatic rings. The van der Waals surface area contributed by atoms with E-state index < -0.39 is 0 Å². The highest BCUT2D eigenvalue weighted by molar-refractivity contribution is 5.89. The summed E-state index contributed by atoms with van der Waals surface area (Å²) in [4.78, 5) is 19.6. The van der Waals surface area contributed by atoms with Gasteiger partial charge in [0.1, 0.15) is 0 Å². The van der Waals surface area contributed by atoms with Crippen LogP contribution in [0.2, 0.25) is 0 Å². The lowest BCUT2D eigenvalue weighted by Crippen LogP contribution is -2.07. The Bertz CT molecular complexity index is 854. The van der Waals surface area contributed by atoms with Crippen molar-refractivity contribution in [1.29, 1.82) is 0 Å². The topological polar surface area (TPSA) is 105 Å². The van der Waals surface area contributed by atoms with Crippen molar-refractivity contribution in [3.8, 4) is 0 Å². The first kappa shape index (κ1) is 16.3. The summed E-state index contributed by atoms with van der Waals surface area (Å²) in [5.74, 6) is 0.826. The second-order valence-electron chi connectivity index (χ2n) is 5.27. The molecule has 0 bridgehead atoms. The van der Waals surface area contributed by atoms with Gasteiger partial charge in [-0.1, -0.05) is 12.1 Å². The Kier molecular flexibility index (Phi) is 5.10. The van der Waals surface area contributed by atoms with Crippen LogP contribution >= 0.6 is 0 Å². The number of rotatable bonds is 6. The molecule has 0 unspecified atom stereocenters. The minimum atomic E-state index is -0.128. The molecule has 3 N–H and O–H groups in total. The fourth-order valence-corrected chi connectivity index (χ4v) is 2.14. The van der Waals surface area contributed by atoms with Crippen LogP contribution in [0.25, 0.3) is 0 Å². The molecule has 25 heavy (non-hydrogen) atoms. The third-order valence-electron chi connectivity index (χ3n) is 3.19. The van der Waals surface area contributed by atoms with E-state index in [1.807, 2.05) is 24.3 Å². The molecule has 0 fully saturated rings. The van der Waals surface area contributed by atoms with Gasteiger partial charge in [-0.2, -0.15) is 10.1 Å². The van der Waals surface area contributed by atoms with Gasteiger partial charge < -0.3 is 16.0 Å². The van der Waals surface area contributed by atoms with Crippen molar-refractivity contribution < 1.29 is 4.79 Å². The normalized spacial score (nSPS) is 10.1. The highest BCUT2D eigenvalue weighted by Gasteiger charge is 2.03. The molecule has 0 spiro atoms. The molecule has 2 heterocycles. The lowest BCUT2D eigenvalue weighted by atomic mass is 10.3. The molecule has 0 saturated heterocycles. The Morgan fingerprint density at radius 2 is 2.00 bits per heavy atom. The Balaban J connectivity index is 1.66. The highest BCUT2D eigenvalue weighted by atomic mass is 16.1. The van der Waals surface area contributed by atoms with Gasteiger partial charge in [0.2, 0.25) is 11.9 Å². The number of hydrogen-bond donors (Lipinski definition) is 3. The number of carbonyl (C=O) groups excluding carboxylic acids is 1. The van der Waals surface area contributed by atoms with Crippen LogP contribution < -0.4 is 16.0 Å². The predicted octanol–water partition coefficient (Wildman–Crippen LogP) is 2.58. The fourth-order valence-electron chi connectivity index (χ4n) is 2.14. The first-order chi connectivity index (χ1) is 12.2. The maximum absolute atomic E-state index is 11.1. The molecule has 0 aliphatic heterocycles. The third-order valence-corrected chi connectivity index (χ3v) is 3.19. The second kappa shape index (κ2) is 7.82. The predicted molar refractivity (Wildman–Crippen MR) is 95.4 cm³/mol. The molecular formula is C17H17N7O. The van der Waals surface area contributed by atoms with E-state index in [0.29, 0.717) is 24.0 Å². The van der Waals surface area contributed by atoms with Gasteiger partial charge >= 0.3 is 0 Å². The minimum absolute atomic E-state index is 0.128. The van der Waals surface area contributed by atoms with Gasteiger partial charge in [-0.05, 0) is 29.8 Å². The third kappa shape index (κ3) is 4.96. The van der Waals surface area contributed by atoms with Crippen LogP contribution in [0.3, 0.4) is 0 Å². The summed E-state index contributed by atoms with van der Waals surface area (Å²) in [5, 5.41) is 16.9. The number of anilines is 4. The number of nitrogens with one attached hydrogen (secondary N) is 3. The van der Waals surface area contributed by atoms with Crippen LogP contribution in [0, 0.1) is 0 Å². The Morgan fingerprint density at radius 3 is 2.80 bits per heavy atom. The molecule has 1 amide bonds. The van der Waals surface area contributed by atoms with Crippen molar-refractivity contribution in [3.63, 3.8) is 0 Å². The molecule has 0 aliphatic carbocycles. The van der Waals surface area contributed by atoms with Crippen LogP contribution in [0.1, 0.15) is 12.5 Å². The summed E-state index contributed by atoms with van der Waals surface area (Å²) in [5.41, 5.74) is 2.48. The zero-order valence-electron chi connectivity index (χ0n) is 13.6. The summed E-state index contributed by atoms with van der Waals surface area (Å²) >= 11 is 0. The largest absolute Gasteiger partial charge is 0.364 e. The quantitative estimate of drug-likeness (QED) is 0.636. The van der Waals surface area contributed by atoms with Gasteiger partial charge in [-0.3, -0.25) is 9.78 Å². The zero-order valence-corrected chi connectivity index (χ0v) is 13.6. The second-order valence-corrected chi connectivity index (χ2v) is 5.27. The SMILES string of the molecule is CC(=O)Nc1cccc(Nc2nncc(NCc3cccnc3)n2)c1. The van der Waals surface area contributed by atoms with E-state index >= 15 is 0 Å². The number of aromatic nitrogens is 4. The molecule has 8 nitrogen and oxygen atoms in total. The van der Waals surface area contributed by atoms with Crippen molar-refractivity contribution in [2.24, 2.45) is 0 Å². The number of amides is 1. The van der Waals surface area contributed by atoms with E-state index in [0.717, 1.165) is 11.3 Å². The summed E-state index contributed by atoms with van der Waals surface area (Å²) in [6.45, 7) is 2.05. The molecule has 2 aromatic heterocycles. The maximum atomic E-state index is 11.1. The Labute approximate surface area is 144 Å². The van der Waals surface area contributed by atoms with Crippen molar-refractivity contribution in [3.05, 3.63) is 60.6 Å². The van der Waals surface area contributed by atoms with Crippen LogP contribution in [-0.2, 0) is 11.3 Å². The number of carbonyl (C=O) groups is 1. The van der Waals surface area contributed by atoms with Crippen molar-refractivity contribution in [2.45, 2.75) is 13.5 Å². The fraction of sp³-hybridized carbons (Fsp3) is 0.118. The van der Waals surface area contributed by atoms with Gasteiger partial charge in [-0.25, -0.2) is 0 Å². The molecule has 126 valence electrons. The molecule has 1 aromatic carbocycles. The van der Waals surface area contributed by atoms with E-state index in [9.17, 15) is 4.79 Å². The van der Waals surface area contributed by atoms with Gasteiger partial charge in [0, 0.05) is 37.2 Å². The standard InChI is InChI=1S/C17H17N7O/c1-12(25)21-14-5-2-6-15(8-14)22-17-23-16(11-20-24-17)19-10-13-4-3-7-18-9-13/h2-9,11H,10H2,1H3,(H,21,25)(H2,19,22,23,24). The summed E-state index contributed by atoms with van der Waals surface area (Å²) in [7, 11) is 0. The molecule has 3 rings (SSSR count). The smallest absolute Gasteiger partial charge is 0.249 e. The van der Waals surface area contributed by atoms with Gasteiger partial charge in [0.15, 0.2) is 5.82 Å². The highest BCUT2D eigenvalue weighted by Crippen LogP contribution is 2.18. The monoisotopic (exact) mass is 335 g/mol. The van der Waals surface area contributed by atoms with Crippen molar-refractivity contribution >= 4 is 29.0 Å². The van der Waals surface area contributed by atoms with Gasteiger partial charge in [0.05, 0.1) is 6.20 Å². The number of pyridine rings is 1. The summed E-state index contributed by atoms with van der Waals surface area (Å²) in [6, 6.07) is 11.1. The van der Waals surface area contributed by atoms with Crippen LogP contribution in [-0.4, -0.2) is 26.1 Å². The number of hydrogen-bond acceptors (Lipinski definition) is 7. The van der Waals surface area contributed by atoms with E-state index in [4.69, 9.17) is 0 Å². The summed E-state index contributed by atoms with van der Waals surface area (Å²) < 4.78 is 0. The maximum Gasteiger partial charge on any atom is 0.249 e. The zero-order chi connectivity index (χ0) is 17.5. The lowest BCUT2D eigenvalue weighted by Gasteiger charge is -2.09. The number of benzene rings is 1. The van der Waals surface area contributed by atoms with Gasteiger partial charge in [0.25, 0.3) is 0 Å². The Morgan fingerprint density at radius 1 is 1.12 bits per heavy atom. The van der Waals surface area contributed by atoms with Crippen LogP contribution in [0.15, 0.2) is 55.0 Å². The Hall–Kier alpha value is -3.55. The first-order valence-electron chi connectivity index (χ1n) is 7.66. The van der Waals surface area contributed by atoms with E-state index in [2.05, 4.69) is 36.1 Å². The average molecular weight is 335 g/mol. The molecule has 8 heteroatoms. The minimum Gasteiger partial charge on any atom is -0.364 e.